The van der Waals surface area contributed by atoms with Gasteiger partial charge in [0.05, 0.1) is 47.2 Å². The van der Waals surface area contributed by atoms with Gasteiger partial charge in [0.25, 0.3) is 0 Å². The van der Waals surface area contributed by atoms with Crippen LogP contribution in [0.2, 0.25) is 0 Å². The number of nitrogens with zero attached hydrogens (tertiary/aromatic N) is 2. The van der Waals surface area contributed by atoms with E-state index in [9.17, 15) is 0 Å². The third kappa shape index (κ3) is 7.50. The minimum atomic E-state index is -0.563. The topological polar surface area (TPSA) is 64.2 Å². The van der Waals surface area contributed by atoms with E-state index in [0.717, 1.165) is 55.1 Å². The lowest BCUT2D eigenvalue weighted by atomic mass is 9.88. The molecule has 8 aromatic carbocycles. The molecule has 322 valence electrons. The Morgan fingerprint density at radius 2 is 1.29 bits per heavy atom. The normalized spacial score (nSPS) is 14.0. The SMILES string of the molecule is [2H]c1c([2H])c([2H])c(-c2cc(C(C)C)cc(-c3c([2H])c([2H])c([2H])c([2H])c3[2H])c2Nc2ccccc2Nc2cccc(Oc3ccc4c5c6oc7ccccc7c6ccc5n(-c5cc(C(C)(C)C)ccn5)c4c3)c2)c([2H])c1[2H]. The van der Waals surface area contributed by atoms with Crippen LogP contribution in [-0.2, 0) is 5.41 Å². The average molecular weight is 869 g/mol. The molecule has 6 heteroatoms. The molecule has 0 saturated heterocycles. The molecule has 66 heavy (non-hydrogen) atoms. The first kappa shape index (κ1) is 30.9. The molecule has 11 aromatic rings. The molecule has 11 rings (SSSR count). The van der Waals surface area contributed by atoms with Crippen molar-refractivity contribution in [1.29, 1.82) is 0 Å². The molecule has 3 aromatic heterocycles. The first-order chi connectivity index (χ1) is 36.3. The molecule has 0 amide bonds. The van der Waals surface area contributed by atoms with Crippen molar-refractivity contribution >= 4 is 66.5 Å². The number of nitrogens with one attached hydrogen (secondary N) is 2. The summed E-state index contributed by atoms with van der Waals surface area (Å²) in [5.41, 5.74) is 7.05. The van der Waals surface area contributed by atoms with Crippen LogP contribution in [0.3, 0.4) is 0 Å². The first-order valence-electron chi connectivity index (χ1n) is 26.9. The van der Waals surface area contributed by atoms with Crippen LogP contribution in [0.1, 0.15) is 65.4 Å². The average Bonchev–Trinajstić information content (AvgIpc) is 4.10. The fourth-order valence-electron chi connectivity index (χ4n) is 8.64. The van der Waals surface area contributed by atoms with Crippen molar-refractivity contribution in [2.24, 2.45) is 0 Å². The molecule has 0 saturated carbocycles. The summed E-state index contributed by atoms with van der Waals surface area (Å²) in [5.74, 6) is 1.68. The van der Waals surface area contributed by atoms with E-state index in [1.807, 2.05) is 92.8 Å². The Kier molecular flexibility index (Phi) is 7.71. The maximum atomic E-state index is 9.07. The van der Waals surface area contributed by atoms with Crippen LogP contribution in [0.25, 0.3) is 71.8 Å². The molecule has 0 radical (unpaired) electrons. The van der Waals surface area contributed by atoms with Gasteiger partial charge in [0, 0.05) is 51.3 Å². The zero-order valence-electron chi connectivity index (χ0n) is 47.0. The van der Waals surface area contributed by atoms with E-state index in [2.05, 4.69) is 66.3 Å². The largest absolute Gasteiger partial charge is 0.457 e. The molecule has 0 aliphatic carbocycles. The quantitative estimate of drug-likeness (QED) is 0.143. The number of benzene rings is 8. The summed E-state index contributed by atoms with van der Waals surface area (Å²) >= 11 is 0. The van der Waals surface area contributed by atoms with E-state index in [0.29, 0.717) is 34.1 Å². The van der Waals surface area contributed by atoms with E-state index in [1.165, 1.54) is 0 Å². The minimum absolute atomic E-state index is 0.115. The summed E-state index contributed by atoms with van der Waals surface area (Å²) < 4.78 is 103. The van der Waals surface area contributed by atoms with Crippen molar-refractivity contribution in [1.82, 2.24) is 9.55 Å². The lowest BCUT2D eigenvalue weighted by Gasteiger charge is -2.22. The van der Waals surface area contributed by atoms with Crippen molar-refractivity contribution in [3.8, 4) is 39.6 Å². The Bertz CT molecular complexity index is 4050. The molecule has 0 fully saturated rings. The Morgan fingerprint density at radius 3 is 2.00 bits per heavy atom. The summed E-state index contributed by atoms with van der Waals surface area (Å²) in [7, 11) is 0. The monoisotopic (exact) mass is 868 g/mol. The molecular formula is C60H50N4O2. The molecule has 0 spiro atoms. The predicted molar refractivity (Wildman–Crippen MR) is 275 cm³/mol. The van der Waals surface area contributed by atoms with Gasteiger partial charge in [0.1, 0.15) is 28.5 Å². The number of furan rings is 1. The number of para-hydroxylation sites is 3. The molecule has 0 aliphatic rings. The highest BCUT2D eigenvalue weighted by molar-refractivity contribution is 6.24. The second-order valence-corrected chi connectivity index (χ2v) is 17.7. The van der Waals surface area contributed by atoms with Crippen LogP contribution in [0.15, 0.2) is 198 Å². The number of rotatable bonds is 10. The standard InChI is InChI=1S/C60H50N4O2/c1-38(2)41-33-49(39-17-8-6-9-18-39)58(50(34-41)40-19-10-7-11-20-40)63-52-25-14-13-24-51(52)62-43-21-16-22-44(36-43)65-45-27-28-48-54(37-45)64(56-35-42(31-32-61-56)60(3,4)5)53-30-29-47-46-23-12-15-26-55(46)66-59(47)57(48)53/h6-38,62-63H,1-5H3/i6D,7D,8D,9D,10D,11D,17D,18D,19D,20D. The summed E-state index contributed by atoms with van der Waals surface area (Å²) in [6, 6.07) is 35.5. The lowest BCUT2D eigenvalue weighted by molar-refractivity contribution is 0.483. The number of pyridine rings is 1. The highest BCUT2D eigenvalue weighted by Gasteiger charge is 2.22. The highest BCUT2D eigenvalue weighted by Crippen LogP contribution is 2.45. The van der Waals surface area contributed by atoms with Crippen LogP contribution in [0, 0.1) is 0 Å². The third-order valence-corrected chi connectivity index (χ3v) is 12.0. The van der Waals surface area contributed by atoms with E-state index in [1.54, 1.807) is 24.3 Å². The molecular weight excluding hydrogens is 809 g/mol. The van der Waals surface area contributed by atoms with Crippen LogP contribution in [0.4, 0.5) is 22.7 Å². The van der Waals surface area contributed by atoms with Gasteiger partial charge in [-0.05, 0) is 112 Å². The van der Waals surface area contributed by atoms with Gasteiger partial charge in [-0.1, -0.05) is 131 Å². The second kappa shape index (κ2) is 16.5. The third-order valence-electron chi connectivity index (χ3n) is 12.0. The first-order valence-corrected chi connectivity index (χ1v) is 21.9. The summed E-state index contributed by atoms with van der Waals surface area (Å²) in [6.45, 7) is 10.4. The summed E-state index contributed by atoms with van der Waals surface area (Å²) in [5, 5.41) is 11.0. The fourth-order valence-corrected chi connectivity index (χ4v) is 8.64. The van der Waals surface area contributed by atoms with E-state index in [4.69, 9.17) is 27.8 Å². The van der Waals surface area contributed by atoms with Crippen molar-refractivity contribution in [3.05, 3.63) is 205 Å². The van der Waals surface area contributed by atoms with Crippen LogP contribution in [0.5, 0.6) is 11.5 Å². The highest BCUT2D eigenvalue weighted by atomic mass is 16.5. The van der Waals surface area contributed by atoms with Crippen molar-refractivity contribution < 1.29 is 22.9 Å². The van der Waals surface area contributed by atoms with Crippen LogP contribution < -0.4 is 15.4 Å². The molecule has 0 atom stereocenters. The van der Waals surface area contributed by atoms with Gasteiger partial charge in [-0.2, -0.15) is 0 Å². The Morgan fingerprint density at radius 1 is 0.621 bits per heavy atom. The van der Waals surface area contributed by atoms with Gasteiger partial charge < -0.3 is 19.8 Å². The number of fused-ring (bicyclic) bond motifs is 7. The number of anilines is 4. The van der Waals surface area contributed by atoms with Gasteiger partial charge in [0.15, 0.2) is 0 Å². The zero-order chi connectivity index (χ0) is 53.6. The van der Waals surface area contributed by atoms with Crippen molar-refractivity contribution in [3.63, 3.8) is 0 Å². The Balaban J connectivity index is 1.01. The molecule has 3 heterocycles. The smallest absolute Gasteiger partial charge is 0.145 e. The van der Waals surface area contributed by atoms with Crippen LogP contribution >= 0.6 is 0 Å². The number of hydrogen-bond acceptors (Lipinski definition) is 5. The van der Waals surface area contributed by atoms with E-state index >= 15 is 0 Å². The maximum absolute atomic E-state index is 9.07. The number of hydrogen-bond donors (Lipinski definition) is 2. The molecule has 0 aliphatic heterocycles. The molecule has 2 N–H and O–H groups in total. The molecule has 0 bridgehead atoms. The summed E-state index contributed by atoms with van der Waals surface area (Å²) in [4.78, 5) is 4.90. The molecule has 0 unspecified atom stereocenters. The maximum Gasteiger partial charge on any atom is 0.145 e. The van der Waals surface area contributed by atoms with E-state index in [-0.39, 0.29) is 39.3 Å². The van der Waals surface area contributed by atoms with Crippen molar-refractivity contribution in [2.75, 3.05) is 10.6 Å². The fraction of sp³-hybridized carbons (Fsp3) is 0.117. The van der Waals surface area contributed by atoms with Gasteiger partial charge >= 0.3 is 0 Å². The van der Waals surface area contributed by atoms with Gasteiger partial charge in [-0.25, -0.2) is 4.98 Å². The minimum Gasteiger partial charge on any atom is -0.457 e. The molecule has 6 nitrogen and oxygen atoms in total. The van der Waals surface area contributed by atoms with Gasteiger partial charge in [0.2, 0.25) is 0 Å². The predicted octanol–water partition coefficient (Wildman–Crippen LogP) is 17.1. The van der Waals surface area contributed by atoms with Gasteiger partial charge in [-0.15, -0.1) is 0 Å². The number of aromatic nitrogens is 2. The lowest BCUT2D eigenvalue weighted by Crippen LogP contribution is -2.12. The summed E-state index contributed by atoms with van der Waals surface area (Å²) in [6.07, 6.45) is 1.85. The van der Waals surface area contributed by atoms with Crippen LogP contribution in [-0.4, -0.2) is 9.55 Å². The Hall–Kier alpha value is -8.09. The van der Waals surface area contributed by atoms with Crippen molar-refractivity contribution in [2.45, 2.75) is 46.0 Å². The zero-order valence-corrected chi connectivity index (χ0v) is 37.0. The second-order valence-electron chi connectivity index (χ2n) is 17.7. The number of ether oxygens (including phenoxy) is 1. The van der Waals surface area contributed by atoms with Gasteiger partial charge in [-0.3, -0.25) is 4.57 Å². The Labute approximate surface area is 399 Å². The van der Waals surface area contributed by atoms with E-state index < -0.39 is 60.4 Å².